The lowest BCUT2D eigenvalue weighted by Crippen LogP contribution is -2.24. The van der Waals surface area contributed by atoms with Gasteiger partial charge in [-0.05, 0) is 24.3 Å². The molecule has 2 rings (SSSR count). The Labute approximate surface area is 148 Å². The normalized spacial score (nSPS) is 11.1. The number of carbonyl (C=O) groups excluding carboxylic acids is 1. The molecule has 3 nitrogen and oxygen atoms in total. The Morgan fingerprint density at radius 3 is 2.64 bits per heavy atom. The molecule has 0 bridgehead atoms. The summed E-state index contributed by atoms with van der Waals surface area (Å²) in [6, 6.07) is 10.4. The van der Waals surface area contributed by atoms with Gasteiger partial charge in [-0.2, -0.15) is 8.78 Å². The fourth-order valence-corrected chi connectivity index (χ4v) is 2.33. The molecule has 1 amide bonds. The molecule has 0 spiro atoms. The SMILES string of the molecule is CN(Cc1c(F)cccc1Cl)C(=O)/C=C/c1ccccc1OC(F)F. The van der Waals surface area contributed by atoms with Crippen LogP contribution in [0.2, 0.25) is 5.02 Å². The number of rotatable bonds is 6. The summed E-state index contributed by atoms with van der Waals surface area (Å²) in [7, 11) is 1.48. The lowest BCUT2D eigenvalue weighted by Gasteiger charge is -2.16. The van der Waals surface area contributed by atoms with Gasteiger partial charge in [0.05, 0.1) is 0 Å². The van der Waals surface area contributed by atoms with Crippen LogP contribution in [-0.4, -0.2) is 24.5 Å². The van der Waals surface area contributed by atoms with Crippen LogP contribution in [0.15, 0.2) is 48.5 Å². The molecular formula is C18H15ClF3NO2. The molecule has 0 N–H and O–H groups in total. The van der Waals surface area contributed by atoms with Crippen LogP contribution in [0.25, 0.3) is 6.08 Å². The second kappa shape index (κ2) is 8.58. The molecule has 0 saturated heterocycles. The Morgan fingerprint density at radius 2 is 1.96 bits per heavy atom. The van der Waals surface area contributed by atoms with Crippen LogP contribution in [0.4, 0.5) is 13.2 Å². The summed E-state index contributed by atoms with van der Waals surface area (Å²) in [5.41, 5.74) is 0.531. The number of ether oxygens (including phenoxy) is 1. The van der Waals surface area contributed by atoms with Crippen LogP contribution in [0.3, 0.4) is 0 Å². The van der Waals surface area contributed by atoms with E-state index in [4.69, 9.17) is 11.6 Å². The molecule has 132 valence electrons. The molecule has 2 aromatic rings. The van der Waals surface area contributed by atoms with Crippen molar-refractivity contribution in [3.05, 3.63) is 70.5 Å². The van der Waals surface area contributed by atoms with E-state index in [-0.39, 0.29) is 22.9 Å². The summed E-state index contributed by atoms with van der Waals surface area (Å²) in [4.78, 5) is 13.4. The second-order valence-corrected chi connectivity index (χ2v) is 5.55. The van der Waals surface area contributed by atoms with Crippen LogP contribution < -0.4 is 4.74 Å². The van der Waals surface area contributed by atoms with E-state index in [1.165, 1.54) is 54.4 Å². The highest BCUT2D eigenvalue weighted by atomic mass is 35.5. The van der Waals surface area contributed by atoms with Crippen LogP contribution >= 0.6 is 11.6 Å². The van der Waals surface area contributed by atoms with Gasteiger partial charge in [0.1, 0.15) is 11.6 Å². The quantitative estimate of drug-likeness (QED) is 0.687. The lowest BCUT2D eigenvalue weighted by molar-refractivity contribution is -0.125. The molecule has 0 aliphatic rings. The van der Waals surface area contributed by atoms with E-state index < -0.39 is 18.3 Å². The van der Waals surface area contributed by atoms with Crippen LogP contribution in [0, 0.1) is 5.82 Å². The maximum Gasteiger partial charge on any atom is 0.387 e. The Hall–Kier alpha value is -2.47. The van der Waals surface area contributed by atoms with E-state index in [2.05, 4.69) is 4.74 Å². The molecule has 0 aromatic heterocycles. The van der Waals surface area contributed by atoms with Crippen LogP contribution in [0.1, 0.15) is 11.1 Å². The third-order valence-corrected chi connectivity index (χ3v) is 3.73. The maximum atomic E-state index is 13.8. The van der Waals surface area contributed by atoms with Gasteiger partial charge in [-0.25, -0.2) is 4.39 Å². The number of halogens is 4. The highest BCUT2D eigenvalue weighted by Gasteiger charge is 2.13. The van der Waals surface area contributed by atoms with Gasteiger partial charge < -0.3 is 9.64 Å². The van der Waals surface area contributed by atoms with E-state index in [1.54, 1.807) is 12.1 Å². The van der Waals surface area contributed by atoms with Gasteiger partial charge in [-0.3, -0.25) is 4.79 Å². The van der Waals surface area contributed by atoms with Crippen LogP contribution in [-0.2, 0) is 11.3 Å². The highest BCUT2D eigenvalue weighted by Crippen LogP contribution is 2.22. The van der Waals surface area contributed by atoms with E-state index in [9.17, 15) is 18.0 Å². The Bertz CT molecular complexity index is 760. The van der Waals surface area contributed by atoms with E-state index >= 15 is 0 Å². The first-order valence-electron chi connectivity index (χ1n) is 7.28. The molecule has 7 heteroatoms. The highest BCUT2D eigenvalue weighted by molar-refractivity contribution is 6.31. The van der Waals surface area contributed by atoms with Gasteiger partial charge in [-0.1, -0.05) is 35.9 Å². The number of amides is 1. The smallest absolute Gasteiger partial charge is 0.387 e. The molecule has 0 unspecified atom stereocenters. The lowest BCUT2D eigenvalue weighted by atomic mass is 10.1. The summed E-state index contributed by atoms with van der Waals surface area (Å²) in [6.07, 6.45) is 2.56. The monoisotopic (exact) mass is 369 g/mol. The van der Waals surface area contributed by atoms with Crippen molar-refractivity contribution in [2.75, 3.05) is 7.05 Å². The standard InChI is InChI=1S/C18H15ClF3NO2/c1-23(11-13-14(19)6-4-7-15(13)20)17(24)10-9-12-5-2-3-8-16(12)25-18(21)22/h2-10,18H,11H2,1H3/b10-9+. The van der Waals surface area contributed by atoms with E-state index in [1.807, 2.05) is 0 Å². The molecule has 2 aromatic carbocycles. The third kappa shape index (κ3) is 5.26. The first-order chi connectivity index (χ1) is 11.9. The van der Waals surface area contributed by atoms with Gasteiger partial charge in [0.2, 0.25) is 5.91 Å². The minimum Gasteiger partial charge on any atom is -0.434 e. The summed E-state index contributed by atoms with van der Waals surface area (Å²) >= 11 is 5.94. The second-order valence-electron chi connectivity index (χ2n) is 5.14. The third-order valence-electron chi connectivity index (χ3n) is 3.37. The zero-order valence-corrected chi connectivity index (χ0v) is 14.0. The minimum absolute atomic E-state index is 0.0239. The number of hydrogen-bond donors (Lipinski definition) is 0. The number of likely N-dealkylation sites (N-methyl/N-ethyl adjacent to an activating group) is 1. The fraction of sp³-hybridized carbons (Fsp3) is 0.167. The van der Waals surface area contributed by atoms with Gasteiger partial charge in [-0.15, -0.1) is 0 Å². The minimum atomic E-state index is -2.96. The number of benzene rings is 2. The molecule has 0 radical (unpaired) electrons. The van der Waals surface area contributed by atoms with Crippen molar-refractivity contribution in [3.8, 4) is 5.75 Å². The predicted octanol–water partition coefficient (Wildman–Crippen LogP) is 4.75. The summed E-state index contributed by atoms with van der Waals surface area (Å²) in [6.45, 7) is -2.99. The molecule has 0 aliphatic carbocycles. The first-order valence-corrected chi connectivity index (χ1v) is 7.66. The summed E-state index contributed by atoms with van der Waals surface area (Å²) in [5, 5.41) is 0.222. The van der Waals surface area contributed by atoms with Crippen molar-refractivity contribution in [1.82, 2.24) is 4.90 Å². The Kier molecular flexibility index (Phi) is 6.47. The molecule has 25 heavy (non-hydrogen) atoms. The topological polar surface area (TPSA) is 29.5 Å². The van der Waals surface area contributed by atoms with Crippen molar-refractivity contribution in [2.24, 2.45) is 0 Å². The van der Waals surface area contributed by atoms with Crippen molar-refractivity contribution in [3.63, 3.8) is 0 Å². The van der Waals surface area contributed by atoms with Crippen molar-refractivity contribution < 1.29 is 22.7 Å². The van der Waals surface area contributed by atoms with Crippen LogP contribution in [0.5, 0.6) is 5.75 Å². The van der Waals surface area contributed by atoms with Gasteiger partial charge >= 0.3 is 6.61 Å². The number of alkyl halides is 2. The van der Waals surface area contributed by atoms with E-state index in [0.29, 0.717) is 5.56 Å². The summed E-state index contributed by atoms with van der Waals surface area (Å²) in [5.74, 6) is -0.987. The largest absolute Gasteiger partial charge is 0.434 e. The van der Waals surface area contributed by atoms with Crippen molar-refractivity contribution in [2.45, 2.75) is 13.2 Å². The fourth-order valence-electron chi connectivity index (χ4n) is 2.11. The molecule has 0 fully saturated rings. The Balaban J connectivity index is 2.10. The van der Waals surface area contributed by atoms with E-state index in [0.717, 1.165) is 0 Å². The molecule has 0 atom stereocenters. The molecule has 0 heterocycles. The number of carbonyl (C=O) groups is 1. The number of nitrogens with zero attached hydrogens (tertiary/aromatic N) is 1. The maximum absolute atomic E-state index is 13.8. The van der Waals surface area contributed by atoms with Crippen molar-refractivity contribution >= 4 is 23.6 Å². The molecular weight excluding hydrogens is 355 g/mol. The Morgan fingerprint density at radius 1 is 1.24 bits per heavy atom. The zero-order chi connectivity index (χ0) is 18.4. The number of para-hydroxylation sites is 1. The number of hydrogen-bond acceptors (Lipinski definition) is 2. The summed E-state index contributed by atoms with van der Waals surface area (Å²) < 4.78 is 42.9. The average Bonchev–Trinajstić information content (AvgIpc) is 2.56. The zero-order valence-electron chi connectivity index (χ0n) is 13.3. The average molecular weight is 370 g/mol. The first kappa shape index (κ1) is 18.9. The predicted molar refractivity (Wildman–Crippen MR) is 90.0 cm³/mol. The molecule has 0 aliphatic heterocycles. The van der Waals surface area contributed by atoms with Gasteiger partial charge in [0, 0.05) is 35.8 Å². The molecule has 0 saturated carbocycles. The van der Waals surface area contributed by atoms with Gasteiger partial charge in [0.25, 0.3) is 0 Å². The van der Waals surface area contributed by atoms with Gasteiger partial charge in [0.15, 0.2) is 0 Å². The van der Waals surface area contributed by atoms with Crippen molar-refractivity contribution in [1.29, 1.82) is 0 Å².